The first kappa shape index (κ1) is 21.5. The highest BCUT2D eigenvalue weighted by Crippen LogP contribution is 2.34. The average Bonchev–Trinajstić information content (AvgIpc) is 3.04. The Morgan fingerprint density at radius 2 is 1.50 bits per heavy atom. The number of nitrogens with zero attached hydrogens (tertiary/aromatic N) is 1. The van der Waals surface area contributed by atoms with Crippen molar-refractivity contribution in [3.05, 3.63) is 101 Å². The standard InChI is InChI=1S/C27H25FN2O2/c1-3-4-5-19-8-16-23(17-9-19)30-26(31)24(20-10-12-21(28)13-11-20)25(27(30)32)29-22-14-6-18(2)7-15-22/h6-17,29H,3-5H2,1-2H3. The predicted molar refractivity (Wildman–Crippen MR) is 126 cm³/mol. The number of nitrogens with one attached hydrogen (secondary N) is 1. The van der Waals surface area contributed by atoms with Gasteiger partial charge in [0.1, 0.15) is 11.5 Å². The third-order valence-corrected chi connectivity index (χ3v) is 5.55. The van der Waals surface area contributed by atoms with Crippen LogP contribution in [0.3, 0.4) is 0 Å². The minimum atomic E-state index is -0.434. The molecule has 162 valence electrons. The molecule has 0 aromatic heterocycles. The Kier molecular flexibility index (Phi) is 6.17. The van der Waals surface area contributed by atoms with Gasteiger partial charge in [-0.1, -0.05) is 55.3 Å². The maximum Gasteiger partial charge on any atom is 0.282 e. The Hall–Kier alpha value is -3.73. The Bertz CT molecular complexity index is 1160. The highest BCUT2D eigenvalue weighted by Gasteiger charge is 2.40. The zero-order valence-corrected chi connectivity index (χ0v) is 18.2. The third kappa shape index (κ3) is 4.33. The topological polar surface area (TPSA) is 49.4 Å². The van der Waals surface area contributed by atoms with Crippen molar-refractivity contribution < 1.29 is 14.0 Å². The molecule has 0 radical (unpaired) electrons. The van der Waals surface area contributed by atoms with Crippen LogP contribution in [0.5, 0.6) is 0 Å². The molecule has 1 N–H and O–H groups in total. The Balaban J connectivity index is 1.72. The van der Waals surface area contributed by atoms with E-state index in [9.17, 15) is 14.0 Å². The van der Waals surface area contributed by atoms with E-state index in [-0.39, 0.29) is 11.3 Å². The molecule has 32 heavy (non-hydrogen) atoms. The molecule has 0 saturated heterocycles. The van der Waals surface area contributed by atoms with E-state index < -0.39 is 17.6 Å². The number of aryl methyl sites for hydroxylation is 2. The molecule has 0 atom stereocenters. The highest BCUT2D eigenvalue weighted by atomic mass is 19.1. The molecular weight excluding hydrogens is 403 g/mol. The smallest absolute Gasteiger partial charge is 0.282 e. The number of halogens is 1. The van der Waals surface area contributed by atoms with Crippen LogP contribution in [-0.2, 0) is 16.0 Å². The van der Waals surface area contributed by atoms with Gasteiger partial charge in [-0.05, 0) is 67.3 Å². The number of anilines is 2. The SMILES string of the molecule is CCCCc1ccc(N2C(=O)C(Nc3ccc(C)cc3)=C(c3ccc(F)cc3)C2=O)cc1. The number of rotatable bonds is 7. The van der Waals surface area contributed by atoms with Crippen LogP contribution in [0.1, 0.15) is 36.5 Å². The molecule has 3 aromatic rings. The van der Waals surface area contributed by atoms with Crippen LogP contribution in [0.25, 0.3) is 5.57 Å². The lowest BCUT2D eigenvalue weighted by atomic mass is 10.0. The van der Waals surface area contributed by atoms with Crippen molar-refractivity contribution in [2.45, 2.75) is 33.1 Å². The number of hydrogen-bond donors (Lipinski definition) is 1. The summed E-state index contributed by atoms with van der Waals surface area (Å²) in [5, 5.41) is 3.12. The molecule has 5 heteroatoms. The monoisotopic (exact) mass is 428 g/mol. The van der Waals surface area contributed by atoms with E-state index in [0.29, 0.717) is 16.9 Å². The number of hydrogen-bond acceptors (Lipinski definition) is 3. The molecule has 0 bridgehead atoms. The molecule has 0 saturated carbocycles. The van der Waals surface area contributed by atoms with Crippen LogP contribution >= 0.6 is 0 Å². The Morgan fingerprint density at radius 1 is 0.844 bits per heavy atom. The Morgan fingerprint density at radius 3 is 2.12 bits per heavy atom. The lowest BCUT2D eigenvalue weighted by Gasteiger charge is -2.16. The van der Waals surface area contributed by atoms with Crippen LogP contribution in [0.15, 0.2) is 78.5 Å². The van der Waals surface area contributed by atoms with E-state index in [4.69, 9.17) is 0 Å². The molecule has 3 aromatic carbocycles. The maximum absolute atomic E-state index is 13.5. The van der Waals surface area contributed by atoms with Crippen LogP contribution in [-0.4, -0.2) is 11.8 Å². The Labute approximate surface area is 187 Å². The minimum Gasteiger partial charge on any atom is -0.350 e. The summed E-state index contributed by atoms with van der Waals surface area (Å²) < 4.78 is 13.5. The van der Waals surface area contributed by atoms with Crippen molar-refractivity contribution in [3.63, 3.8) is 0 Å². The van der Waals surface area contributed by atoms with Crippen molar-refractivity contribution >= 4 is 28.8 Å². The normalized spacial score (nSPS) is 13.8. The lowest BCUT2D eigenvalue weighted by Crippen LogP contribution is -2.32. The number of carbonyl (C=O) groups excluding carboxylic acids is 2. The van der Waals surface area contributed by atoms with Gasteiger partial charge in [-0.25, -0.2) is 9.29 Å². The van der Waals surface area contributed by atoms with Gasteiger partial charge >= 0.3 is 0 Å². The minimum absolute atomic E-state index is 0.181. The summed E-state index contributed by atoms with van der Waals surface area (Å²) in [7, 11) is 0. The third-order valence-electron chi connectivity index (χ3n) is 5.55. The second-order valence-corrected chi connectivity index (χ2v) is 7.96. The molecule has 1 aliphatic rings. The van der Waals surface area contributed by atoms with E-state index in [0.717, 1.165) is 24.8 Å². The van der Waals surface area contributed by atoms with E-state index in [1.54, 1.807) is 12.1 Å². The molecule has 0 unspecified atom stereocenters. The first-order valence-corrected chi connectivity index (χ1v) is 10.8. The number of imide groups is 1. The molecule has 1 heterocycles. The number of unbranched alkanes of at least 4 members (excludes halogenated alkanes) is 1. The van der Waals surface area contributed by atoms with Crippen LogP contribution in [0, 0.1) is 12.7 Å². The van der Waals surface area contributed by atoms with E-state index in [1.165, 1.54) is 34.7 Å². The summed E-state index contributed by atoms with van der Waals surface area (Å²) >= 11 is 0. The van der Waals surface area contributed by atoms with Crippen molar-refractivity contribution in [2.75, 3.05) is 10.2 Å². The van der Waals surface area contributed by atoms with Crippen molar-refractivity contribution in [2.24, 2.45) is 0 Å². The van der Waals surface area contributed by atoms with Crippen LogP contribution < -0.4 is 10.2 Å². The summed E-state index contributed by atoms with van der Waals surface area (Å²) in [5.74, 6) is -1.27. The predicted octanol–water partition coefficient (Wildman–Crippen LogP) is 5.87. The van der Waals surface area contributed by atoms with Crippen LogP contribution in [0.4, 0.5) is 15.8 Å². The summed E-state index contributed by atoms with van der Waals surface area (Å²) in [6.07, 6.45) is 3.14. The molecule has 0 aliphatic carbocycles. The average molecular weight is 429 g/mol. The van der Waals surface area contributed by atoms with Gasteiger partial charge in [0, 0.05) is 5.69 Å². The fraction of sp³-hybridized carbons (Fsp3) is 0.185. The van der Waals surface area contributed by atoms with Gasteiger partial charge in [-0.3, -0.25) is 9.59 Å². The van der Waals surface area contributed by atoms with Gasteiger partial charge in [-0.2, -0.15) is 0 Å². The van der Waals surface area contributed by atoms with E-state index in [1.807, 2.05) is 43.3 Å². The second kappa shape index (κ2) is 9.18. The lowest BCUT2D eigenvalue weighted by molar-refractivity contribution is -0.120. The molecule has 4 rings (SSSR count). The fourth-order valence-corrected chi connectivity index (χ4v) is 3.74. The number of benzene rings is 3. The highest BCUT2D eigenvalue weighted by molar-refractivity contribution is 6.46. The summed E-state index contributed by atoms with van der Waals surface area (Å²) in [6.45, 7) is 4.12. The largest absolute Gasteiger partial charge is 0.350 e. The zero-order chi connectivity index (χ0) is 22.7. The second-order valence-electron chi connectivity index (χ2n) is 7.96. The van der Waals surface area contributed by atoms with Crippen molar-refractivity contribution in [1.29, 1.82) is 0 Å². The molecule has 0 fully saturated rings. The van der Waals surface area contributed by atoms with Gasteiger partial charge in [0.25, 0.3) is 11.8 Å². The molecule has 4 nitrogen and oxygen atoms in total. The fourth-order valence-electron chi connectivity index (χ4n) is 3.74. The van der Waals surface area contributed by atoms with E-state index in [2.05, 4.69) is 12.2 Å². The van der Waals surface area contributed by atoms with E-state index >= 15 is 0 Å². The molecule has 2 amide bonds. The van der Waals surface area contributed by atoms with Gasteiger partial charge in [0.2, 0.25) is 0 Å². The summed E-state index contributed by atoms with van der Waals surface area (Å²) in [4.78, 5) is 28.0. The summed E-state index contributed by atoms with van der Waals surface area (Å²) in [5.41, 5.74) is 4.36. The van der Waals surface area contributed by atoms with Crippen molar-refractivity contribution in [3.8, 4) is 0 Å². The first-order chi connectivity index (χ1) is 15.5. The number of amides is 2. The van der Waals surface area contributed by atoms with Crippen LogP contribution in [0.2, 0.25) is 0 Å². The summed E-state index contributed by atoms with van der Waals surface area (Å²) in [6, 6.07) is 20.7. The molecule has 1 aliphatic heterocycles. The van der Waals surface area contributed by atoms with Crippen molar-refractivity contribution in [1.82, 2.24) is 0 Å². The number of carbonyl (C=O) groups is 2. The maximum atomic E-state index is 13.5. The zero-order valence-electron chi connectivity index (χ0n) is 18.2. The van der Waals surface area contributed by atoms with Gasteiger partial charge in [-0.15, -0.1) is 0 Å². The molecule has 0 spiro atoms. The van der Waals surface area contributed by atoms with Gasteiger partial charge < -0.3 is 5.32 Å². The van der Waals surface area contributed by atoms with Gasteiger partial charge in [0.15, 0.2) is 0 Å². The first-order valence-electron chi connectivity index (χ1n) is 10.8. The quantitative estimate of drug-likeness (QED) is 0.479. The molecular formula is C27H25FN2O2. The van der Waals surface area contributed by atoms with Gasteiger partial charge in [0.05, 0.1) is 11.3 Å².